The third-order valence-corrected chi connectivity index (χ3v) is 5.46. The number of nitrogens with one attached hydrogen (secondary N) is 1. The van der Waals surface area contributed by atoms with Crippen LogP contribution in [0, 0.1) is 6.92 Å². The van der Waals surface area contributed by atoms with Gasteiger partial charge in [-0.05, 0) is 63.4 Å². The van der Waals surface area contributed by atoms with Gasteiger partial charge in [0, 0.05) is 17.1 Å². The van der Waals surface area contributed by atoms with Crippen LogP contribution in [-0.2, 0) is 16.0 Å². The summed E-state index contributed by atoms with van der Waals surface area (Å²) in [5.74, 6) is 0.246. The highest BCUT2D eigenvalue weighted by molar-refractivity contribution is 9.10. The van der Waals surface area contributed by atoms with Gasteiger partial charge in [0.25, 0.3) is 5.91 Å². The Bertz CT molecular complexity index is 824. The minimum Gasteiger partial charge on any atom is -0.484 e. The van der Waals surface area contributed by atoms with Crippen molar-refractivity contribution in [2.24, 2.45) is 0 Å². The number of carbonyl (C=O) groups excluding carboxylic acids is 2. The quantitative estimate of drug-likeness (QED) is 0.611. The lowest BCUT2D eigenvalue weighted by atomic mass is 10.1. The predicted molar refractivity (Wildman–Crippen MR) is 119 cm³/mol. The number of carbonyl (C=O) groups is 2. The third-order valence-electron chi connectivity index (χ3n) is 4.57. The van der Waals surface area contributed by atoms with Gasteiger partial charge in [-0.3, -0.25) is 9.59 Å². The fourth-order valence-electron chi connectivity index (χ4n) is 2.91. The minimum absolute atomic E-state index is 0.0121. The summed E-state index contributed by atoms with van der Waals surface area (Å²) in [7, 11) is 0. The second kappa shape index (κ2) is 11.0. The third kappa shape index (κ3) is 7.20. The zero-order valence-electron chi connectivity index (χ0n) is 17.4. The average Bonchev–Trinajstić information content (AvgIpc) is 2.69. The summed E-state index contributed by atoms with van der Waals surface area (Å²) in [6.07, 6.45) is 0.670. The molecule has 0 aliphatic heterocycles. The number of aryl methyl sites for hydroxylation is 1. The van der Waals surface area contributed by atoms with Gasteiger partial charge >= 0.3 is 0 Å². The van der Waals surface area contributed by atoms with Crippen molar-refractivity contribution in [2.75, 3.05) is 13.2 Å². The number of halogens is 1. The molecule has 0 heterocycles. The largest absolute Gasteiger partial charge is 0.484 e. The first-order chi connectivity index (χ1) is 13.8. The van der Waals surface area contributed by atoms with Crippen molar-refractivity contribution in [3.05, 3.63) is 64.1 Å². The van der Waals surface area contributed by atoms with E-state index in [0.717, 1.165) is 15.6 Å². The Morgan fingerprint density at radius 3 is 2.41 bits per heavy atom. The molecule has 29 heavy (non-hydrogen) atoms. The van der Waals surface area contributed by atoms with Crippen LogP contribution in [0.15, 0.2) is 53.0 Å². The van der Waals surface area contributed by atoms with E-state index in [1.54, 1.807) is 11.8 Å². The summed E-state index contributed by atoms with van der Waals surface area (Å²) >= 11 is 3.45. The highest BCUT2D eigenvalue weighted by Crippen LogP contribution is 2.21. The van der Waals surface area contributed by atoms with Gasteiger partial charge in [0.05, 0.1) is 0 Å². The van der Waals surface area contributed by atoms with Gasteiger partial charge in [-0.2, -0.15) is 0 Å². The smallest absolute Gasteiger partial charge is 0.261 e. The van der Waals surface area contributed by atoms with Gasteiger partial charge in [0.1, 0.15) is 11.8 Å². The normalized spacial score (nSPS) is 11.8. The topological polar surface area (TPSA) is 58.6 Å². The Morgan fingerprint density at radius 1 is 1.10 bits per heavy atom. The van der Waals surface area contributed by atoms with Crippen molar-refractivity contribution in [3.63, 3.8) is 0 Å². The molecule has 2 rings (SSSR count). The van der Waals surface area contributed by atoms with Crippen molar-refractivity contribution in [3.8, 4) is 5.75 Å². The second-order valence-electron chi connectivity index (χ2n) is 7.36. The average molecular weight is 461 g/mol. The van der Waals surface area contributed by atoms with Crippen LogP contribution in [-0.4, -0.2) is 41.9 Å². The molecule has 0 unspecified atom stereocenters. The lowest BCUT2D eigenvalue weighted by molar-refractivity contribution is -0.141. The summed E-state index contributed by atoms with van der Waals surface area (Å²) in [6, 6.07) is 14.9. The molecule has 0 radical (unpaired) electrons. The number of amides is 2. The van der Waals surface area contributed by atoms with Gasteiger partial charge in [0.15, 0.2) is 6.61 Å². The molecule has 0 fully saturated rings. The maximum Gasteiger partial charge on any atom is 0.261 e. The van der Waals surface area contributed by atoms with Gasteiger partial charge in [-0.15, -0.1) is 0 Å². The molecular weight excluding hydrogens is 432 g/mol. The Labute approximate surface area is 181 Å². The number of nitrogens with zero attached hydrogens (tertiary/aromatic N) is 1. The maximum atomic E-state index is 12.9. The van der Waals surface area contributed by atoms with E-state index >= 15 is 0 Å². The van der Waals surface area contributed by atoms with E-state index < -0.39 is 6.04 Å². The maximum absolute atomic E-state index is 12.9. The van der Waals surface area contributed by atoms with Crippen LogP contribution in [0.4, 0.5) is 0 Å². The Balaban J connectivity index is 2.07. The fourth-order valence-corrected chi connectivity index (χ4v) is 3.16. The van der Waals surface area contributed by atoms with Crippen LogP contribution in [0.3, 0.4) is 0 Å². The van der Waals surface area contributed by atoms with Gasteiger partial charge in [-0.25, -0.2) is 0 Å². The molecule has 2 amide bonds. The second-order valence-corrected chi connectivity index (χ2v) is 8.22. The molecular formula is C23H29BrN2O3. The zero-order valence-corrected chi connectivity index (χ0v) is 19.0. The van der Waals surface area contributed by atoms with Crippen molar-refractivity contribution in [2.45, 2.75) is 46.2 Å². The van der Waals surface area contributed by atoms with Crippen LogP contribution in [0.1, 0.15) is 31.9 Å². The number of rotatable bonds is 9. The highest BCUT2D eigenvalue weighted by atomic mass is 79.9. The van der Waals surface area contributed by atoms with Crippen molar-refractivity contribution in [1.29, 1.82) is 0 Å². The molecule has 1 atom stereocenters. The predicted octanol–water partition coefficient (Wildman–Crippen LogP) is 4.12. The van der Waals surface area contributed by atoms with Crippen molar-refractivity contribution in [1.82, 2.24) is 10.2 Å². The molecule has 2 aromatic carbocycles. The standard InChI is InChI=1S/C23H29BrN2O3/c1-16(2)25-23(28)18(4)26(13-12-19-8-6-5-7-9-19)22(27)15-29-20-10-11-21(24)17(3)14-20/h5-11,14,16,18H,12-13,15H2,1-4H3,(H,25,28)/t18-/m0/s1. The Morgan fingerprint density at radius 2 is 1.79 bits per heavy atom. The lowest BCUT2D eigenvalue weighted by Gasteiger charge is -2.29. The summed E-state index contributed by atoms with van der Waals surface area (Å²) in [5, 5.41) is 2.88. The van der Waals surface area contributed by atoms with Crippen molar-refractivity contribution >= 4 is 27.7 Å². The number of hydrogen-bond acceptors (Lipinski definition) is 3. The van der Waals surface area contributed by atoms with E-state index in [0.29, 0.717) is 18.7 Å². The van der Waals surface area contributed by atoms with E-state index in [1.165, 1.54) is 0 Å². The van der Waals surface area contributed by atoms with Crippen LogP contribution >= 0.6 is 15.9 Å². The van der Waals surface area contributed by atoms with Gasteiger partial charge < -0.3 is 15.0 Å². The number of ether oxygens (including phenoxy) is 1. The number of hydrogen-bond donors (Lipinski definition) is 1. The molecule has 1 N–H and O–H groups in total. The van der Waals surface area contributed by atoms with Crippen LogP contribution in [0.2, 0.25) is 0 Å². The van der Waals surface area contributed by atoms with E-state index in [1.807, 2.05) is 69.3 Å². The van der Waals surface area contributed by atoms with E-state index in [2.05, 4.69) is 21.2 Å². The molecule has 6 heteroatoms. The lowest BCUT2D eigenvalue weighted by Crippen LogP contribution is -2.51. The molecule has 5 nitrogen and oxygen atoms in total. The van der Waals surface area contributed by atoms with Crippen molar-refractivity contribution < 1.29 is 14.3 Å². The molecule has 156 valence electrons. The molecule has 0 saturated carbocycles. The molecule has 0 saturated heterocycles. The number of benzene rings is 2. The molecule has 0 aromatic heterocycles. The molecule has 0 aliphatic rings. The van der Waals surface area contributed by atoms with E-state index in [9.17, 15) is 9.59 Å². The Hall–Kier alpha value is -2.34. The first-order valence-electron chi connectivity index (χ1n) is 9.80. The van der Waals surface area contributed by atoms with Gasteiger partial charge in [-0.1, -0.05) is 46.3 Å². The first kappa shape index (κ1) is 22.9. The monoisotopic (exact) mass is 460 g/mol. The molecule has 0 bridgehead atoms. The van der Waals surface area contributed by atoms with Crippen LogP contribution in [0.25, 0.3) is 0 Å². The summed E-state index contributed by atoms with van der Waals surface area (Å²) in [6.45, 7) is 7.85. The summed E-state index contributed by atoms with van der Waals surface area (Å²) < 4.78 is 6.69. The fraction of sp³-hybridized carbons (Fsp3) is 0.391. The first-order valence-corrected chi connectivity index (χ1v) is 10.6. The summed E-state index contributed by atoms with van der Waals surface area (Å²) in [5.41, 5.74) is 2.15. The zero-order chi connectivity index (χ0) is 21.4. The van der Waals surface area contributed by atoms with E-state index in [-0.39, 0.29) is 24.5 Å². The molecule has 0 spiro atoms. The van der Waals surface area contributed by atoms with Crippen LogP contribution in [0.5, 0.6) is 5.75 Å². The minimum atomic E-state index is -0.580. The molecule has 0 aliphatic carbocycles. The molecule has 2 aromatic rings. The highest BCUT2D eigenvalue weighted by Gasteiger charge is 2.26. The van der Waals surface area contributed by atoms with E-state index in [4.69, 9.17) is 4.74 Å². The summed E-state index contributed by atoms with van der Waals surface area (Å²) in [4.78, 5) is 27.0. The van der Waals surface area contributed by atoms with Crippen LogP contribution < -0.4 is 10.1 Å². The Kier molecular flexibility index (Phi) is 8.70. The van der Waals surface area contributed by atoms with Gasteiger partial charge in [0.2, 0.25) is 5.91 Å². The SMILES string of the molecule is Cc1cc(OCC(=O)N(CCc2ccccc2)[C@@H](C)C(=O)NC(C)C)ccc1Br.